The molecule has 0 bridgehead atoms. The first-order chi connectivity index (χ1) is 51.7. The first-order valence-corrected chi connectivity index (χ1v) is 35.4. The molecule has 0 spiro atoms. The summed E-state index contributed by atoms with van der Waals surface area (Å²) in [5.41, 5.74) is 15.1. The summed E-state index contributed by atoms with van der Waals surface area (Å²) in [5, 5.41) is 16.3. The topological polar surface area (TPSA) is 258 Å². The third kappa shape index (κ3) is 19.5. The summed E-state index contributed by atoms with van der Waals surface area (Å²) < 4.78 is 43.8. The van der Waals surface area contributed by atoms with Crippen molar-refractivity contribution >= 4 is 79.1 Å². The molecule has 1 saturated carbocycles. The quantitative estimate of drug-likeness (QED) is 0.0557. The second kappa shape index (κ2) is 35.0. The molecule has 564 valence electrons. The van der Waals surface area contributed by atoms with E-state index in [0.717, 1.165) is 170 Å². The van der Waals surface area contributed by atoms with Crippen LogP contribution in [-0.2, 0) is 30.2 Å². The van der Waals surface area contributed by atoms with Crippen molar-refractivity contribution in [3.63, 3.8) is 0 Å². The van der Waals surface area contributed by atoms with Crippen LogP contribution in [0.25, 0.3) is 66.9 Å². The van der Waals surface area contributed by atoms with Gasteiger partial charge in [0.05, 0.1) is 143 Å². The Labute approximate surface area is 629 Å². The highest BCUT2D eigenvalue weighted by molar-refractivity contribution is 5.89. The van der Waals surface area contributed by atoms with Gasteiger partial charge in [-0.15, -0.1) is 0 Å². The van der Waals surface area contributed by atoms with Gasteiger partial charge in [0.15, 0.2) is 0 Å². The third-order valence-electron chi connectivity index (χ3n) is 18.2. The van der Waals surface area contributed by atoms with Crippen LogP contribution in [-0.4, -0.2) is 195 Å². The summed E-state index contributed by atoms with van der Waals surface area (Å²) >= 11 is 0. The Hall–Kier alpha value is -12.0. The van der Waals surface area contributed by atoms with Crippen LogP contribution in [0.15, 0.2) is 165 Å². The fraction of sp³-hybridized carbons (Fsp3) is 0.346. The summed E-state index contributed by atoms with van der Waals surface area (Å²) in [5.74, 6) is 4.96. The van der Waals surface area contributed by atoms with E-state index in [2.05, 4.69) is 69.5 Å². The van der Waals surface area contributed by atoms with E-state index in [1.54, 1.807) is 94.7 Å². The molecule has 108 heavy (non-hydrogen) atoms. The minimum Gasteiger partial charge on any atom is -0.497 e. The molecule has 14 rings (SSSR count). The highest BCUT2D eigenvalue weighted by Gasteiger charge is 2.28. The van der Waals surface area contributed by atoms with Crippen LogP contribution in [0, 0.1) is 5.92 Å². The lowest BCUT2D eigenvalue weighted by Gasteiger charge is -2.35. The van der Waals surface area contributed by atoms with Crippen LogP contribution in [0.3, 0.4) is 0 Å². The Bertz CT molecular complexity index is 5000. The van der Waals surface area contributed by atoms with Gasteiger partial charge in [-0.3, -0.25) is 38.7 Å². The zero-order chi connectivity index (χ0) is 75.3. The Morgan fingerprint density at radius 2 is 0.880 bits per heavy atom. The number of carbonyl (C=O) groups is 2. The number of ketones is 1. The molecule has 6 aromatic carbocycles. The van der Waals surface area contributed by atoms with Crippen LogP contribution in [0.4, 0.5) is 38.9 Å². The number of piperazine rings is 1. The van der Waals surface area contributed by atoms with Crippen molar-refractivity contribution in [3.05, 3.63) is 165 Å². The number of ether oxygens (including phenoxy) is 7. The van der Waals surface area contributed by atoms with Gasteiger partial charge in [-0.05, 0) is 108 Å². The maximum atomic E-state index is 12.4. The summed E-state index contributed by atoms with van der Waals surface area (Å²) in [4.78, 5) is 63.5. The first-order valence-electron chi connectivity index (χ1n) is 35.4. The summed E-state index contributed by atoms with van der Waals surface area (Å²) in [6, 6.07) is 35.5. The van der Waals surface area contributed by atoms with Crippen molar-refractivity contribution in [1.82, 2.24) is 74.4 Å². The van der Waals surface area contributed by atoms with Gasteiger partial charge in [0, 0.05) is 190 Å². The molecule has 0 atom stereocenters. The van der Waals surface area contributed by atoms with Gasteiger partial charge in [0.2, 0.25) is 0 Å². The van der Waals surface area contributed by atoms with Crippen LogP contribution < -0.4 is 48.4 Å². The Morgan fingerprint density at radius 1 is 0.481 bits per heavy atom. The minimum absolute atomic E-state index is 0. The number of amides is 1. The van der Waals surface area contributed by atoms with E-state index in [9.17, 15) is 9.59 Å². The number of likely N-dealkylation sites (N-methyl/N-ethyl adjacent to an activating group) is 1. The van der Waals surface area contributed by atoms with Crippen LogP contribution in [0.2, 0.25) is 0 Å². The molecule has 2 aliphatic rings. The molecule has 1 aliphatic carbocycles. The van der Waals surface area contributed by atoms with E-state index < -0.39 is 5.60 Å². The summed E-state index contributed by atoms with van der Waals surface area (Å²) in [7, 11) is 15.5. The normalized spacial score (nSPS) is 12.8. The molecule has 2 fully saturated rings. The third-order valence-corrected chi connectivity index (χ3v) is 18.2. The van der Waals surface area contributed by atoms with E-state index in [1.165, 1.54) is 12.8 Å². The summed E-state index contributed by atoms with van der Waals surface area (Å²) in [6.45, 7) is 14.5. The molecule has 27 nitrogen and oxygen atoms in total. The number of Topliss-reactive ketones (excluding diaryl/α,β-unsaturated/α-hetero) is 1. The largest absolute Gasteiger partial charge is 0.497 e. The van der Waals surface area contributed by atoms with Crippen molar-refractivity contribution in [2.24, 2.45) is 20.0 Å². The van der Waals surface area contributed by atoms with Gasteiger partial charge >= 0.3 is 6.09 Å². The number of carbonyl (C=O) groups excluding carboxylic acids is 2. The predicted molar refractivity (Wildman–Crippen MR) is 422 cm³/mol. The molecule has 0 unspecified atom stereocenters. The van der Waals surface area contributed by atoms with Gasteiger partial charge in [-0.25, -0.2) is 19.7 Å². The van der Waals surface area contributed by atoms with Gasteiger partial charge in [0.25, 0.3) is 0 Å². The molecular weight excluding hydrogens is 1370 g/mol. The molecule has 12 aromatic rings. The average Bonchev–Trinajstić information content (AvgIpc) is 1.15. The van der Waals surface area contributed by atoms with E-state index in [1.807, 2.05) is 161 Å². The van der Waals surface area contributed by atoms with Gasteiger partial charge in [0.1, 0.15) is 45.9 Å². The molecule has 1 aliphatic heterocycles. The number of fused-ring (bicyclic) bond motifs is 3. The molecule has 7 heterocycles. The van der Waals surface area contributed by atoms with Gasteiger partial charge in [-0.2, -0.15) is 15.3 Å². The highest BCUT2D eigenvalue weighted by Crippen LogP contribution is 2.41. The standard InChI is InChI=1S/C34H43N7O4.C23H26N6O2.C23H23N5O3.CH4/c1-34(2,3)45-33(42)39-13-10-38(11-14-39)12-15-40-23-25(20-36-40)32-21-35-30-9-8-26(18-31(30)37-32)41(22-24-6-7-24)27-16-28(43-4)19-29(17-27)44-5;1-24-7-8-29(18-9-19(30-3)12-20(10-18)31-4)17-5-6-21-22(11-17)27-23(14-25-21)16-13-26-28(2)15-16;1-15(29)13-28(18-7-19(30-3)10-20(8-18)31-4)17-5-6-21-22(9-17)26-23(12-24-21)16-11-25-27(2)14-16;/h8-9,16-21,23-24H,6-7,10-15,22H2,1-5H3;5-6,9-15,24H,7-8H2,1-4H3;5-12,14H,13H2,1-4H3;1H4. The van der Waals surface area contributed by atoms with Gasteiger partial charge in [-0.1, -0.05) is 7.43 Å². The molecule has 0 radical (unpaired) electrons. The van der Waals surface area contributed by atoms with Crippen LogP contribution in [0.1, 0.15) is 48.0 Å². The van der Waals surface area contributed by atoms with Crippen LogP contribution >= 0.6 is 0 Å². The Balaban J connectivity index is 0.000000165. The monoisotopic (exact) mass is 1460 g/mol. The maximum absolute atomic E-state index is 12.4. The zero-order valence-electron chi connectivity index (χ0n) is 62.9. The molecule has 6 aromatic heterocycles. The van der Waals surface area contributed by atoms with E-state index in [-0.39, 0.29) is 25.8 Å². The number of methoxy groups -OCH3 is 6. The lowest BCUT2D eigenvalue weighted by atomic mass is 10.1. The number of benzene rings is 6. The molecule has 1 amide bonds. The smallest absolute Gasteiger partial charge is 0.410 e. The van der Waals surface area contributed by atoms with E-state index in [0.29, 0.717) is 30.5 Å². The van der Waals surface area contributed by atoms with Gasteiger partial charge < -0.3 is 58.1 Å². The lowest BCUT2D eigenvalue weighted by molar-refractivity contribution is -0.115. The number of hydrogen-bond acceptors (Lipinski definition) is 23. The van der Waals surface area contributed by atoms with E-state index >= 15 is 0 Å². The number of aryl methyl sites for hydroxylation is 2. The number of nitrogens with zero attached hydrogens (tertiary/aromatic N) is 17. The van der Waals surface area contributed by atoms with Crippen molar-refractivity contribution in [2.75, 3.05) is 123 Å². The number of hydrogen-bond donors (Lipinski definition) is 1. The van der Waals surface area contributed by atoms with Crippen molar-refractivity contribution in [3.8, 4) is 68.3 Å². The molecule has 27 heteroatoms. The SMILES string of the molecule is C.CNCCN(c1cc(OC)cc(OC)c1)c1ccc2ncc(-c3cnn(C)c3)nc2c1.COc1cc(OC)cc(N(CC(C)=O)c2ccc3ncc(-c4cnn(C)c4)nc3c2)c1.COc1cc(OC)cc(N(CC2CC2)c2ccc3ncc(-c4cnn(CCN5CCN(C(=O)OC(C)(C)C)CC5)c4)nc3c2)c1. The second-order valence-corrected chi connectivity index (χ2v) is 27.2. The fourth-order valence-electron chi connectivity index (χ4n) is 12.3. The lowest BCUT2D eigenvalue weighted by Crippen LogP contribution is -2.50. The zero-order valence-corrected chi connectivity index (χ0v) is 62.9. The maximum Gasteiger partial charge on any atom is 0.410 e. The van der Waals surface area contributed by atoms with Crippen molar-refractivity contribution in [1.29, 1.82) is 0 Å². The number of anilines is 6. The second-order valence-electron chi connectivity index (χ2n) is 27.2. The number of aromatic nitrogens is 12. The van der Waals surface area contributed by atoms with Crippen LogP contribution in [0.5, 0.6) is 34.5 Å². The molecular formula is C81H96N18O9. The highest BCUT2D eigenvalue weighted by atomic mass is 16.6. The predicted octanol–water partition coefficient (Wildman–Crippen LogP) is 13.4. The Morgan fingerprint density at radius 3 is 1.27 bits per heavy atom. The molecule has 1 N–H and O–H groups in total. The summed E-state index contributed by atoms with van der Waals surface area (Å²) in [6.07, 6.45) is 18.8. The minimum atomic E-state index is -0.481. The average molecular weight is 1470 g/mol. The number of rotatable bonds is 25. The fourth-order valence-corrected chi connectivity index (χ4v) is 12.3. The Kier molecular flexibility index (Phi) is 25.0. The molecule has 1 saturated heterocycles. The number of nitrogens with one attached hydrogen (secondary N) is 1. The van der Waals surface area contributed by atoms with E-state index in [4.69, 9.17) is 53.1 Å². The van der Waals surface area contributed by atoms with Crippen molar-refractivity contribution < 1.29 is 42.7 Å². The first kappa shape index (κ1) is 77.1. The van der Waals surface area contributed by atoms with Crippen molar-refractivity contribution in [2.45, 2.75) is 60.1 Å².